The van der Waals surface area contributed by atoms with Gasteiger partial charge in [-0.1, -0.05) is 6.07 Å². The molecule has 10 heteroatoms. The quantitative estimate of drug-likeness (QED) is 0.330. The summed E-state index contributed by atoms with van der Waals surface area (Å²) >= 11 is 0. The Balaban J connectivity index is 1.07. The third-order valence-electron chi connectivity index (χ3n) is 7.44. The first-order valence-electron chi connectivity index (χ1n) is 13.0. The molecule has 0 saturated heterocycles. The molecule has 2 aliphatic carbocycles. The van der Waals surface area contributed by atoms with Gasteiger partial charge in [-0.15, -0.1) is 0 Å². The van der Waals surface area contributed by atoms with Crippen LogP contribution >= 0.6 is 0 Å². The van der Waals surface area contributed by atoms with Crippen molar-refractivity contribution in [2.45, 2.75) is 63.5 Å². The zero-order chi connectivity index (χ0) is 26.3. The van der Waals surface area contributed by atoms with E-state index >= 15 is 0 Å². The normalized spacial score (nSPS) is 21.1. The van der Waals surface area contributed by atoms with E-state index in [1.807, 2.05) is 25.1 Å². The fourth-order valence-electron chi connectivity index (χ4n) is 5.22. The molecule has 9 nitrogen and oxygen atoms in total. The number of pyridine rings is 2. The summed E-state index contributed by atoms with van der Waals surface area (Å²) in [5.74, 6) is 0.241. The van der Waals surface area contributed by atoms with Crippen molar-refractivity contribution in [1.82, 2.24) is 35.3 Å². The number of aliphatic hydroxyl groups is 1. The SMILES string of the molecule is Cc1cc(Cc2cc(C3CC3)n[nH]2)nc([C@@]2(O)CC[C@H](C(=O)NCc3ccc(-n4cc(F)cn4)nc3)C2)c1. The second-order valence-electron chi connectivity index (χ2n) is 10.6. The minimum atomic E-state index is -1.14. The van der Waals surface area contributed by atoms with Crippen LogP contribution in [0, 0.1) is 18.7 Å². The van der Waals surface area contributed by atoms with Gasteiger partial charge in [-0.2, -0.15) is 10.2 Å². The zero-order valence-electron chi connectivity index (χ0n) is 21.2. The highest BCUT2D eigenvalue weighted by atomic mass is 19.1. The van der Waals surface area contributed by atoms with Gasteiger partial charge in [0.05, 0.1) is 23.8 Å². The van der Waals surface area contributed by atoms with Crippen LogP contribution in [0.25, 0.3) is 5.82 Å². The first-order valence-corrected chi connectivity index (χ1v) is 13.0. The molecule has 4 aromatic rings. The highest BCUT2D eigenvalue weighted by Crippen LogP contribution is 2.42. The van der Waals surface area contributed by atoms with Crippen molar-refractivity contribution in [3.63, 3.8) is 0 Å². The number of hydrogen-bond acceptors (Lipinski definition) is 6. The van der Waals surface area contributed by atoms with Gasteiger partial charge in [0.2, 0.25) is 5.91 Å². The summed E-state index contributed by atoms with van der Waals surface area (Å²) < 4.78 is 14.5. The maximum absolute atomic E-state index is 13.2. The van der Waals surface area contributed by atoms with Gasteiger partial charge < -0.3 is 10.4 Å². The standard InChI is InChI=1S/C28H30FN7O2/c1-17-8-22(10-23-11-24(35-34-23)19-3-4-19)33-25(9-17)28(38)7-6-20(12-28)27(37)31-14-18-2-5-26(30-13-18)36-16-21(29)15-32-36/h2,5,8-9,11,13,15-16,19-20,38H,3-4,6-7,10,12,14H2,1H3,(H,31,37)(H,34,35)/t20-,28+/m0/s1. The Labute approximate surface area is 219 Å². The van der Waals surface area contributed by atoms with E-state index in [-0.39, 0.29) is 11.8 Å². The van der Waals surface area contributed by atoms with Gasteiger partial charge in [0.1, 0.15) is 5.60 Å². The van der Waals surface area contributed by atoms with Crippen LogP contribution in [0.4, 0.5) is 4.39 Å². The molecule has 4 heterocycles. The molecule has 196 valence electrons. The first-order chi connectivity index (χ1) is 18.3. The number of carbonyl (C=O) groups is 1. The summed E-state index contributed by atoms with van der Waals surface area (Å²) in [4.78, 5) is 22.0. The highest BCUT2D eigenvalue weighted by Gasteiger charge is 2.43. The molecule has 0 spiro atoms. The van der Waals surface area contributed by atoms with Gasteiger partial charge in [-0.3, -0.25) is 14.9 Å². The third kappa shape index (κ3) is 5.22. The van der Waals surface area contributed by atoms with Crippen molar-refractivity contribution in [2.24, 2.45) is 5.92 Å². The molecule has 4 aromatic heterocycles. The topological polar surface area (TPSA) is 122 Å². The number of nitrogens with one attached hydrogen (secondary N) is 2. The maximum atomic E-state index is 13.2. The molecule has 0 aliphatic heterocycles. The molecular formula is C28H30FN7O2. The number of nitrogens with zero attached hydrogens (tertiary/aromatic N) is 5. The minimum Gasteiger partial charge on any atom is -0.384 e. The van der Waals surface area contributed by atoms with Gasteiger partial charge in [0.15, 0.2) is 11.6 Å². The highest BCUT2D eigenvalue weighted by molar-refractivity contribution is 5.79. The van der Waals surface area contributed by atoms with Crippen LogP contribution in [0.3, 0.4) is 0 Å². The summed E-state index contributed by atoms with van der Waals surface area (Å²) in [6.45, 7) is 2.32. The molecule has 0 radical (unpaired) electrons. The monoisotopic (exact) mass is 515 g/mol. The van der Waals surface area contributed by atoms with Gasteiger partial charge in [0.25, 0.3) is 0 Å². The Bertz CT molecular complexity index is 1460. The largest absolute Gasteiger partial charge is 0.384 e. The number of aryl methyl sites for hydroxylation is 1. The van der Waals surface area contributed by atoms with Crippen molar-refractivity contribution in [3.05, 3.63) is 88.6 Å². The number of hydrogen-bond donors (Lipinski definition) is 3. The lowest BCUT2D eigenvalue weighted by Crippen LogP contribution is -2.31. The maximum Gasteiger partial charge on any atom is 0.223 e. The van der Waals surface area contributed by atoms with Crippen LogP contribution in [0.5, 0.6) is 0 Å². The van der Waals surface area contributed by atoms with E-state index in [2.05, 4.69) is 31.7 Å². The molecule has 2 aliphatic rings. The molecule has 0 unspecified atom stereocenters. The molecule has 3 N–H and O–H groups in total. The van der Waals surface area contributed by atoms with E-state index in [0.29, 0.717) is 49.7 Å². The van der Waals surface area contributed by atoms with Crippen molar-refractivity contribution < 1.29 is 14.3 Å². The Morgan fingerprint density at radius 1 is 1.24 bits per heavy atom. The van der Waals surface area contributed by atoms with Crippen molar-refractivity contribution in [1.29, 1.82) is 0 Å². The van der Waals surface area contributed by atoms with Gasteiger partial charge in [-0.05, 0) is 74.4 Å². The summed E-state index contributed by atoms with van der Waals surface area (Å²) in [6, 6.07) is 9.61. The number of aromatic amines is 1. The van der Waals surface area contributed by atoms with Crippen LogP contribution in [-0.2, 0) is 23.4 Å². The van der Waals surface area contributed by atoms with Crippen molar-refractivity contribution in [3.8, 4) is 5.82 Å². The van der Waals surface area contributed by atoms with E-state index in [1.54, 1.807) is 12.3 Å². The molecule has 38 heavy (non-hydrogen) atoms. The van der Waals surface area contributed by atoms with Crippen LogP contribution in [0.15, 0.2) is 48.9 Å². The van der Waals surface area contributed by atoms with Gasteiger partial charge in [0, 0.05) is 42.4 Å². The summed E-state index contributed by atoms with van der Waals surface area (Å²) in [6.07, 6.45) is 8.42. The number of carbonyl (C=O) groups excluding carboxylic acids is 1. The van der Waals surface area contributed by atoms with Gasteiger partial charge >= 0.3 is 0 Å². The molecule has 6 rings (SSSR count). The predicted molar refractivity (Wildman–Crippen MR) is 137 cm³/mol. The van der Waals surface area contributed by atoms with Gasteiger partial charge in [-0.25, -0.2) is 14.1 Å². The van der Waals surface area contributed by atoms with Crippen LogP contribution in [-0.4, -0.2) is 41.0 Å². The molecule has 2 saturated carbocycles. The average molecular weight is 516 g/mol. The fourth-order valence-corrected chi connectivity index (χ4v) is 5.22. The Kier molecular flexibility index (Phi) is 6.27. The number of amides is 1. The Hall–Kier alpha value is -3.92. The summed E-state index contributed by atoms with van der Waals surface area (Å²) in [5.41, 5.74) is 4.35. The van der Waals surface area contributed by atoms with E-state index in [9.17, 15) is 14.3 Å². The molecule has 0 aromatic carbocycles. The predicted octanol–water partition coefficient (Wildman–Crippen LogP) is 3.61. The number of halogens is 1. The number of rotatable bonds is 8. The Morgan fingerprint density at radius 3 is 2.84 bits per heavy atom. The van der Waals surface area contributed by atoms with E-state index in [0.717, 1.165) is 34.4 Å². The molecule has 2 atom stereocenters. The van der Waals surface area contributed by atoms with E-state index in [1.165, 1.54) is 23.7 Å². The summed E-state index contributed by atoms with van der Waals surface area (Å²) in [7, 11) is 0. The summed E-state index contributed by atoms with van der Waals surface area (Å²) in [5, 5.41) is 25.9. The lowest BCUT2D eigenvalue weighted by molar-refractivity contribution is -0.125. The second-order valence-corrected chi connectivity index (χ2v) is 10.6. The van der Waals surface area contributed by atoms with Crippen LogP contribution in [0.2, 0.25) is 0 Å². The fraction of sp³-hybridized carbons (Fsp3) is 0.393. The van der Waals surface area contributed by atoms with Crippen molar-refractivity contribution in [2.75, 3.05) is 0 Å². The number of H-pyrrole nitrogens is 1. The third-order valence-corrected chi connectivity index (χ3v) is 7.44. The van der Waals surface area contributed by atoms with Crippen molar-refractivity contribution >= 4 is 5.91 Å². The lowest BCUT2D eigenvalue weighted by Gasteiger charge is -2.23. The lowest BCUT2D eigenvalue weighted by atomic mass is 9.93. The average Bonchev–Trinajstić information content (AvgIpc) is 3.27. The smallest absolute Gasteiger partial charge is 0.223 e. The minimum absolute atomic E-state index is 0.0999. The van der Waals surface area contributed by atoms with E-state index in [4.69, 9.17) is 4.98 Å². The zero-order valence-corrected chi connectivity index (χ0v) is 21.2. The second kappa shape index (κ2) is 9.75. The number of aromatic nitrogens is 6. The van der Waals surface area contributed by atoms with E-state index < -0.39 is 11.4 Å². The Morgan fingerprint density at radius 2 is 2.11 bits per heavy atom. The van der Waals surface area contributed by atoms with Crippen LogP contribution in [0.1, 0.15) is 71.9 Å². The van der Waals surface area contributed by atoms with Crippen LogP contribution < -0.4 is 5.32 Å². The molecule has 1 amide bonds. The molecular weight excluding hydrogens is 485 g/mol. The molecule has 2 fully saturated rings. The molecule has 0 bridgehead atoms. The first kappa shape index (κ1) is 24.4.